The van der Waals surface area contributed by atoms with Crippen molar-refractivity contribution >= 4 is 52.4 Å². The molecular weight excluding hydrogens is 524 g/mol. The molecule has 1 aliphatic rings. The molecule has 0 radical (unpaired) electrons. The monoisotopic (exact) mass is 544 g/mol. The highest BCUT2D eigenvalue weighted by Crippen LogP contribution is 2.40. The maximum Gasteiger partial charge on any atom is 0.416 e. The number of halogens is 6. The van der Waals surface area contributed by atoms with Crippen molar-refractivity contribution in [2.75, 3.05) is 18.0 Å². The minimum atomic E-state index is -4.35. The van der Waals surface area contributed by atoms with Crippen LogP contribution < -0.4 is 9.62 Å². The number of hydrogen-bond acceptors (Lipinski definition) is 3. The Kier molecular flexibility index (Phi) is 8.26. The molecular formula is C25H22Cl3F3N2S. The van der Waals surface area contributed by atoms with Crippen LogP contribution in [0.2, 0.25) is 15.1 Å². The largest absolute Gasteiger partial charge is 0.416 e. The molecule has 9 heteroatoms. The lowest BCUT2D eigenvalue weighted by atomic mass is 9.88. The van der Waals surface area contributed by atoms with Crippen molar-refractivity contribution in [2.45, 2.75) is 30.0 Å². The molecule has 1 saturated heterocycles. The third-order valence-corrected chi connectivity index (χ3v) is 7.50. The summed E-state index contributed by atoms with van der Waals surface area (Å²) < 4.78 is 42.2. The zero-order valence-electron chi connectivity index (χ0n) is 18.0. The molecule has 3 aromatic carbocycles. The van der Waals surface area contributed by atoms with Crippen LogP contribution in [0.25, 0.3) is 0 Å². The van der Waals surface area contributed by atoms with Gasteiger partial charge in [0.05, 0.1) is 11.6 Å². The van der Waals surface area contributed by atoms with Crippen LogP contribution in [-0.2, 0) is 6.18 Å². The van der Waals surface area contributed by atoms with Crippen LogP contribution in [0.5, 0.6) is 0 Å². The fraction of sp³-hybridized carbons (Fsp3) is 0.280. The van der Waals surface area contributed by atoms with Crippen LogP contribution >= 0.6 is 46.8 Å². The number of alkyl halides is 3. The molecule has 2 nitrogen and oxygen atoms in total. The van der Waals surface area contributed by atoms with E-state index in [1.54, 1.807) is 12.1 Å². The van der Waals surface area contributed by atoms with Crippen LogP contribution in [0.1, 0.15) is 30.0 Å². The van der Waals surface area contributed by atoms with E-state index in [-0.39, 0.29) is 6.04 Å². The first kappa shape index (κ1) is 25.5. The SMILES string of the molecule is FC(F)(F)c1cccc(SNCC2CCC(c3ccc(Cl)cc3Cl)N(c3ccc(Cl)cc3)C2)c1. The number of rotatable bonds is 6. The van der Waals surface area contributed by atoms with Crippen molar-refractivity contribution in [2.24, 2.45) is 5.92 Å². The number of nitrogens with zero attached hydrogens (tertiary/aromatic N) is 1. The second-order valence-corrected chi connectivity index (χ2v) is 10.5. The maximum absolute atomic E-state index is 13.0. The van der Waals surface area contributed by atoms with Gasteiger partial charge in [-0.15, -0.1) is 0 Å². The van der Waals surface area contributed by atoms with Gasteiger partial charge in [-0.3, -0.25) is 4.72 Å². The lowest BCUT2D eigenvalue weighted by Gasteiger charge is -2.42. The zero-order chi connectivity index (χ0) is 24.3. The minimum absolute atomic E-state index is 0.0818. The van der Waals surface area contributed by atoms with Crippen LogP contribution in [0.4, 0.5) is 18.9 Å². The Bertz CT molecular complexity index is 1130. The number of benzene rings is 3. The summed E-state index contributed by atoms with van der Waals surface area (Å²) in [4.78, 5) is 2.85. The molecule has 1 aliphatic heterocycles. The Morgan fingerprint density at radius 3 is 2.35 bits per heavy atom. The summed E-state index contributed by atoms with van der Waals surface area (Å²) in [6.07, 6.45) is -2.52. The van der Waals surface area contributed by atoms with Gasteiger partial charge in [-0.1, -0.05) is 46.9 Å². The molecule has 1 N–H and O–H groups in total. The molecule has 0 bridgehead atoms. The normalized spacial score (nSPS) is 18.8. The molecule has 4 rings (SSSR count). The van der Waals surface area contributed by atoms with Crippen molar-refractivity contribution in [1.82, 2.24) is 4.72 Å². The molecule has 2 atom stereocenters. The van der Waals surface area contributed by atoms with Crippen molar-refractivity contribution in [1.29, 1.82) is 0 Å². The highest BCUT2D eigenvalue weighted by Gasteiger charge is 2.32. The first-order valence-electron chi connectivity index (χ1n) is 10.7. The molecule has 0 amide bonds. The topological polar surface area (TPSA) is 15.3 Å². The lowest BCUT2D eigenvalue weighted by Crippen LogP contribution is -2.41. The zero-order valence-corrected chi connectivity index (χ0v) is 21.0. The summed E-state index contributed by atoms with van der Waals surface area (Å²) in [5.74, 6) is 0.302. The number of piperidine rings is 1. The highest BCUT2D eigenvalue weighted by molar-refractivity contribution is 7.97. The van der Waals surface area contributed by atoms with E-state index in [0.29, 0.717) is 32.4 Å². The van der Waals surface area contributed by atoms with Gasteiger partial charge in [0.1, 0.15) is 0 Å². The molecule has 34 heavy (non-hydrogen) atoms. The van der Waals surface area contributed by atoms with Gasteiger partial charge in [0.25, 0.3) is 0 Å². The van der Waals surface area contributed by atoms with Crippen LogP contribution in [0.3, 0.4) is 0 Å². The summed E-state index contributed by atoms with van der Waals surface area (Å²) in [6, 6.07) is 18.7. The molecule has 180 valence electrons. The van der Waals surface area contributed by atoms with Crippen molar-refractivity contribution < 1.29 is 13.2 Å². The van der Waals surface area contributed by atoms with E-state index < -0.39 is 11.7 Å². The Morgan fingerprint density at radius 1 is 0.912 bits per heavy atom. The Balaban J connectivity index is 1.46. The molecule has 0 saturated carbocycles. The summed E-state index contributed by atoms with van der Waals surface area (Å²) in [6.45, 7) is 1.42. The Labute approximate surface area is 216 Å². The Hall–Kier alpha value is -1.57. The molecule has 3 aromatic rings. The van der Waals surface area contributed by atoms with E-state index in [4.69, 9.17) is 34.8 Å². The smallest absolute Gasteiger partial charge is 0.364 e. The third kappa shape index (κ3) is 6.35. The molecule has 1 heterocycles. The number of hydrogen-bond donors (Lipinski definition) is 1. The van der Waals surface area contributed by atoms with Crippen molar-refractivity contribution in [3.8, 4) is 0 Å². The molecule has 0 aliphatic carbocycles. The number of anilines is 1. The fourth-order valence-corrected chi connectivity index (χ4v) is 5.68. The van der Waals surface area contributed by atoms with Crippen molar-refractivity contribution in [3.05, 3.63) is 92.9 Å². The summed E-state index contributed by atoms with van der Waals surface area (Å²) >= 11 is 20.0. The summed E-state index contributed by atoms with van der Waals surface area (Å²) in [5, 5.41) is 1.89. The van der Waals surface area contributed by atoms with Gasteiger partial charge in [0.2, 0.25) is 0 Å². The molecule has 0 aromatic heterocycles. The van der Waals surface area contributed by atoms with Crippen LogP contribution in [-0.4, -0.2) is 13.1 Å². The number of nitrogens with one attached hydrogen (secondary N) is 1. The lowest BCUT2D eigenvalue weighted by molar-refractivity contribution is -0.137. The van der Waals surface area contributed by atoms with E-state index in [9.17, 15) is 13.2 Å². The second-order valence-electron chi connectivity index (χ2n) is 8.23. The van der Waals surface area contributed by atoms with E-state index in [0.717, 1.165) is 42.8 Å². The quantitative estimate of drug-likeness (QED) is 0.311. The van der Waals surface area contributed by atoms with Crippen LogP contribution in [0.15, 0.2) is 71.6 Å². The maximum atomic E-state index is 13.0. The highest BCUT2D eigenvalue weighted by atomic mass is 35.5. The van der Waals surface area contributed by atoms with Gasteiger partial charge < -0.3 is 4.90 Å². The van der Waals surface area contributed by atoms with Gasteiger partial charge in [-0.2, -0.15) is 13.2 Å². The Morgan fingerprint density at radius 2 is 1.65 bits per heavy atom. The average molecular weight is 546 g/mol. The van der Waals surface area contributed by atoms with Gasteiger partial charge in [0, 0.05) is 38.7 Å². The van der Waals surface area contributed by atoms with Gasteiger partial charge in [-0.05, 0) is 90.9 Å². The van der Waals surface area contributed by atoms with E-state index in [1.165, 1.54) is 18.0 Å². The van der Waals surface area contributed by atoms with E-state index >= 15 is 0 Å². The minimum Gasteiger partial charge on any atom is -0.364 e. The molecule has 2 unspecified atom stereocenters. The predicted molar refractivity (Wildman–Crippen MR) is 136 cm³/mol. The molecule has 1 fully saturated rings. The van der Waals surface area contributed by atoms with Gasteiger partial charge in [-0.25, -0.2) is 0 Å². The second kappa shape index (κ2) is 11.0. The standard InChI is InChI=1S/C25H22Cl3F3N2S/c26-18-5-8-20(9-6-18)33-15-16(4-11-24(33)22-10-7-19(27)13-23(22)28)14-32-34-21-3-1-2-17(12-21)25(29,30)31/h1-3,5-10,12-13,16,24,32H,4,11,14-15H2. The summed E-state index contributed by atoms with van der Waals surface area (Å²) in [5.41, 5.74) is 1.41. The van der Waals surface area contributed by atoms with Crippen molar-refractivity contribution in [3.63, 3.8) is 0 Å². The van der Waals surface area contributed by atoms with Gasteiger partial charge >= 0.3 is 6.18 Å². The van der Waals surface area contributed by atoms with Crippen LogP contribution in [0, 0.1) is 5.92 Å². The third-order valence-electron chi connectivity index (χ3n) is 5.88. The first-order valence-corrected chi connectivity index (χ1v) is 12.7. The average Bonchev–Trinajstić information content (AvgIpc) is 2.80. The fourth-order valence-electron chi connectivity index (χ4n) is 4.20. The first-order chi connectivity index (χ1) is 16.2. The van der Waals surface area contributed by atoms with E-state index in [1.807, 2.05) is 36.4 Å². The van der Waals surface area contributed by atoms with E-state index in [2.05, 4.69) is 9.62 Å². The predicted octanol–water partition coefficient (Wildman–Crippen LogP) is 8.92. The van der Waals surface area contributed by atoms with Gasteiger partial charge in [0.15, 0.2) is 0 Å². The summed E-state index contributed by atoms with van der Waals surface area (Å²) in [7, 11) is 0. The molecule has 0 spiro atoms.